The van der Waals surface area contributed by atoms with Crippen molar-refractivity contribution in [1.82, 2.24) is 10.2 Å². The van der Waals surface area contributed by atoms with Crippen LogP contribution in [0.2, 0.25) is 0 Å². The maximum atomic E-state index is 9.45. The molecule has 0 radical (unpaired) electrons. The molecule has 0 amide bonds. The van der Waals surface area contributed by atoms with Gasteiger partial charge in [0, 0.05) is 32.2 Å². The highest BCUT2D eigenvalue weighted by Gasteiger charge is 2.37. The second-order valence-electron chi connectivity index (χ2n) is 7.27. The van der Waals surface area contributed by atoms with Crippen LogP contribution in [0, 0.1) is 11.3 Å². The van der Waals surface area contributed by atoms with Gasteiger partial charge in [0.05, 0.1) is 30.1 Å². The molecule has 5 rings (SSSR count). The smallest absolute Gasteiger partial charge is 0.186 e. The number of aromatic nitrogens is 2. The molecule has 4 atom stereocenters. The highest BCUT2D eigenvalue weighted by atomic mass is 16.5. The molecule has 5 heterocycles. The van der Waals surface area contributed by atoms with Crippen LogP contribution in [0.3, 0.4) is 0 Å². The van der Waals surface area contributed by atoms with Gasteiger partial charge in [-0.25, -0.2) is 0 Å². The minimum absolute atomic E-state index is 0.283. The predicted octanol–water partition coefficient (Wildman–Crippen LogP) is 1.08. The molecule has 4 bridgehead atoms. The van der Waals surface area contributed by atoms with Gasteiger partial charge in [-0.3, -0.25) is 0 Å². The molecular formula is C17H21N5O2. The quantitative estimate of drug-likeness (QED) is 0.804. The van der Waals surface area contributed by atoms with Gasteiger partial charge in [-0.1, -0.05) is 0 Å². The molecule has 4 fully saturated rings. The van der Waals surface area contributed by atoms with Crippen LogP contribution < -0.4 is 9.80 Å². The van der Waals surface area contributed by atoms with E-state index in [2.05, 4.69) is 26.1 Å². The second-order valence-corrected chi connectivity index (χ2v) is 7.27. The first kappa shape index (κ1) is 14.4. The van der Waals surface area contributed by atoms with Crippen LogP contribution in [-0.4, -0.2) is 60.8 Å². The van der Waals surface area contributed by atoms with Crippen LogP contribution in [0.4, 0.5) is 11.5 Å². The van der Waals surface area contributed by atoms with Gasteiger partial charge >= 0.3 is 0 Å². The summed E-state index contributed by atoms with van der Waals surface area (Å²) in [6.45, 7) is 3.41. The fraction of sp³-hybridized carbons (Fsp3) is 0.706. The van der Waals surface area contributed by atoms with Gasteiger partial charge in [-0.15, -0.1) is 10.2 Å². The molecule has 0 aromatic carbocycles. The summed E-state index contributed by atoms with van der Waals surface area (Å²) in [5.41, 5.74) is 1.32. The fourth-order valence-corrected chi connectivity index (χ4v) is 4.46. The minimum atomic E-state index is 0.283. The molecule has 0 saturated carbocycles. The van der Waals surface area contributed by atoms with Crippen LogP contribution in [0.1, 0.15) is 31.4 Å². The topological polar surface area (TPSA) is 74.5 Å². The van der Waals surface area contributed by atoms with Gasteiger partial charge in [-0.2, -0.15) is 5.26 Å². The van der Waals surface area contributed by atoms with Crippen molar-refractivity contribution in [3.05, 3.63) is 11.8 Å². The number of anilines is 2. The first-order valence-corrected chi connectivity index (χ1v) is 8.87. The van der Waals surface area contributed by atoms with E-state index in [1.54, 1.807) is 0 Å². The zero-order valence-electron chi connectivity index (χ0n) is 13.6. The second kappa shape index (κ2) is 5.57. The Kier molecular flexibility index (Phi) is 3.35. The van der Waals surface area contributed by atoms with Gasteiger partial charge in [0.25, 0.3) is 0 Å². The molecule has 7 nitrogen and oxygen atoms in total. The molecule has 1 aromatic rings. The number of nitrogens with zero attached hydrogens (tertiary/aromatic N) is 5. The molecule has 4 unspecified atom stereocenters. The average molecular weight is 327 g/mol. The average Bonchev–Trinajstić information content (AvgIpc) is 3.14. The van der Waals surface area contributed by atoms with Gasteiger partial charge in [0.2, 0.25) is 0 Å². The van der Waals surface area contributed by atoms with Gasteiger partial charge in [0.1, 0.15) is 6.07 Å². The maximum absolute atomic E-state index is 9.45. The van der Waals surface area contributed by atoms with E-state index >= 15 is 0 Å². The van der Waals surface area contributed by atoms with E-state index in [0.717, 1.165) is 63.4 Å². The Morgan fingerprint density at radius 2 is 1.42 bits per heavy atom. The van der Waals surface area contributed by atoms with E-state index in [0.29, 0.717) is 17.9 Å². The summed E-state index contributed by atoms with van der Waals surface area (Å²) in [6, 6.07) is 4.25. The summed E-state index contributed by atoms with van der Waals surface area (Å²) in [6.07, 6.45) is 5.67. The third-order valence-corrected chi connectivity index (χ3v) is 5.62. The molecule has 0 aliphatic carbocycles. The van der Waals surface area contributed by atoms with Crippen molar-refractivity contribution in [3.8, 4) is 6.07 Å². The molecule has 1 aromatic heterocycles. The molecule has 0 N–H and O–H groups in total. The monoisotopic (exact) mass is 327 g/mol. The number of nitriles is 1. The zero-order chi connectivity index (χ0) is 16.1. The lowest BCUT2D eigenvalue weighted by Crippen LogP contribution is -2.44. The van der Waals surface area contributed by atoms with E-state index in [4.69, 9.17) is 9.47 Å². The van der Waals surface area contributed by atoms with E-state index in [1.165, 1.54) is 0 Å². The standard InChI is InChI=1S/C17H21N5O2/c18-6-15-16(21-7-11-1-2-12(8-21)23-11)5-17(20-19-15)22-9-13-3-4-14(10-22)24-13/h5,11-14H,1-4,7-10H2. The third-order valence-electron chi connectivity index (χ3n) is 5.62. The van der Waals surface area contributed by atoms with Crippen LogP contribution in [0.25, 0.3) is 0 Å². The lowest BCUT2D eigenvalue weighted by molar-refractivity contribution is 0.0300. The predicted molar refractivity (Wildman–Crippen MR) is 87.0 cm³/mol. The Morgan fingerprint density at radius 3 is 1.96 bits per heavy atom. The molecule has 126 valence electrons. The molecule has 0 spiro atoms. The molecule has 4 aliphatic heterocycles. The van der Waals surface area contributed by atoms with Crippen LogP contribution in [-0.2, 0) is 9.47 Å². The Morgan fingerprint density at radius 1 is 0.875 bits per heavy atom. The van der Waals surface area contributed by atoms with Crippen molar-refractivity contribution in [3.63, 3.8) is 0 Å². The Labute approximate surface area is 141 Å². The van der Waals surface area contributed by atoms with Gasteiger partial charge < -0.3 is 19.3 Å². The van der Waals surface area contributed by atoms with E-state index in [9.17, 15) is 5.26 Å². The SMILES string of the molecule is N#Cc1nnc(N2CC3CCC(C2)O3)cc1N1CC2CCC(C1)O2. The van der Waals surface area contributed by atoms with E-state index in [-0.39, 0.29) is 12.2 Å². The number of hydrogen-bond acceptors (Lipinski definition) is 7. The minimum Gasteiger partial charge on any atom is -0.371 e. The molecule has 24 heavy (non-hydrogen) atoms. The Balaban J connectivity index is 1.44. The van der Waals surface area contributed by atoms with Crippen molar-refractivity contribution < 1.29 is 9.47 Å². The summed E-state index contributed by atoms with van der Waals surface area (Å²) in [5, 5.41) is 18.0. The summed E-state index contributed by atoms with van der Waals surface area (Å²) < 4.78 is 11.8. The van der Waals surface area contributed by atoms with Crippen LogP contribution >= 0.6 is 0 Å². The van der Waals surface area contributed by atoms with Crippen molar-refractivity contribution in [2.24, 2.45) is 0 Å². The normalized spacial score (nSPS) is 34.5. The van der Waals surface area contributed by atoms with E-state index < -0.39 is 0 Å². The van der Waals surface area contributed by atoms with Crippen molar-refractivity contribution in [2.75, 3.05) is 36.0 Å². The molecule has 4 saturated heterocycles. The number of ether oxygens (including phenoxy) is 2. The largest absolute Gasteiger partial charge is 0.371 e. The molecular weight excluding hydrogens is 306 g/mol. The summed E-state index contributed by atoms with van der Waals surface area (Å²) in [7, 11) is 0. The third kappa shape index (κ3) is 2.41. The first-order chi connectivity index (χ1) is 11.8. The van der Waals surface area contributed by atoms with Gasteiger partial charge in [0.15, 0.2) is 11.5 Å². The van der Waals surface area contributed by atoms with Crippen LogP contribution in [0.15, 0.2) is 6.07 Å². The molecule has 7 heteroatoms. The Hall–Kier alpha value is -1.91. The van der Waals surface area contributed by atoms with Crippen molar-refractivity contribution in [2.45, 2.75) is 50.1 Å². The number of morpholine rings is 2. The fourth-order valence-electron chi connectivity index (χ4n) is 4.46. The highest BCUT2D eigenvalue weighted by Crippen LogP contribution is 2.34. The van der Waals surface area contributed by atoms with E-state index in [1.807, 2.05) is 6.07 Å². The number of hydrogen-bond donors (Lipinski definition) is 0. The van der Waals surface area contributed by atoms with Crippen LogP contribution in [0.5, 0.6) is 0 Å². The zero-order valence-corrected chi connectivity index (χ0v) is 13.6. The number of fused-ring (bicyclic) bond motifs is 4. The Bertz CT molecular complexity index is 666. The number of rotatable bonds is 2. The highest BCUT2D eigenvalue weighted by molar-refractivity contribution is 5.62. The lowest BCUT2D eigenvalue weighted by Gasteiger charge is -2.35. The lowest BCUT2D eigenvalue weighted by atomic mass is 10.2. The summed E-state index contributed by atoms with van der Waals surface area (Å²) >= 11 is 0. The van der Waals surface area contributed by atoms with Gasteiger partial charge in [-0.05, 0) is 25.7 Å². The summed E-state index contributed by atoms with van der Waals surface area (Å²) in [5.74, 6) is 0.864. The summed E-state index contributed by atoms with van der Waals surface area (Å²) in [4.78, 5) is 4.52. The first-order valence-electron chi connectivity index (χ1n) is 8.87. The van der Waals surface area contributed by atoms with Crippen molar-refractivity contribution in [1.29, 1.82) is 5.26 Å². The molecule has 4 aliphatic rings. The van der Waals surface area contributed by atoms with Crippen molar-refractivity contribution >= 4 is 11.5 Å². The maximum Gasteiger partial charge on any atom is 0.186 e.